The predicted octanol–water partition coefficient (Wildman–Crippen LogP) is 4.51. The molecule has 1 aromatic carbocycles. The molecule has 0 aliphatic carbocycles. The molecule has 0 spiro atoms. The molecule has 6 heteroatoms. The van der Waals surface area contributed by atoms with Crippen molar-refractivity contribution in [3.63, 3.8) is 0 Å². The van der Waals surface area contributed by atoms with Crippen LogP contribution in [-0.2, 0) is 13.0 Å². The van der Waals surface area contributed by atoms with Gasteiger partial charge in [-0.1, -0.05) is 18.2 Å². The second kappa shape index (κ2) is 8.18. The van der Waals surface area contributed by atoms with E-state index in [0.717, 1.165) is 55.6 Å². The van der Waals surface area contributed by atoms with Crippen molar-refractivity contribution in [2.75, 3.05) is 0 Å². The van der Waals surface area contributed by atoms with Crippen LogP contribution in [0.1, 0.15) is 53.0 Å². The maximum atomic E-state index is 13.6. The van der Waals surface area contributed by atoms with Gasteiger partial charge in [0.1, 0.15) is 5.82 Å². The van der Waals surface area contributed by atoms with Crippen molar-refractivity contribution in [3.05, 3.63) is 89.8 Å². The zero-order valence-corrected chi connectivity index (χ0v) is 19.0. The van der Waals surface area contributed by atoms with Crippen LogP contribution in [0, 0.1) is 12.8 Å². The third-order valence-electron chi connectivity index (χ3n) is 7.55. The molecule has 6 rings (SSSR count). The Morgan fingerprint density at radius 3 is 2.67 bits per heavy atom. The van der Waals surface area contributed by atoms with Crippen LogP contribution in [-0.4, -0.2) is 42.1 Å². The third kappa shape index (κ3) is 3.73. The van der Waals surface area contributed by atoms with E-state index in [1.165, 1.54) is 11.1 Å². The molecular weight excluding hydrogens is 410 g/mol. The van der Waals surface area contributed by atoms with Gasteiger partial charge in [-0.2, -0.15) is 5.10 Å². The number of nitrogens with zero attached hydrogens (tertiary/aromatic N) is 5. The zero-order chi connectivity index (χ0) is 22.4. The molecule has 3 aromatic heterocycles. The van der Waals surface area contributed by atoms with Crippen LogP contribution in [0.15, 0.2) is 67.3 Å². The zero-order valence-electron chi connectivity index (χ0n) is 19.0. The fourth-order valence-corrected chi connectivity index (χ4v) is 6.00. The third-order valence-corrected chi connectivity index (χ3v) is 7.55. The first kappa shape index (κ1) is 20.2. The summed E-state index contributed by atoms with van der Waals surface area (Å²) in [5.41, 5.74) is 4.51. The minimum absolute atomic E-state index is 0.197. The minimum Gasteiger partial charge on any atom is -0.333 e. The molecule has 2 fully saturated rings. The van der Waals surface area contributed by atoms with Gasteiger partial charge in [-0.3, -0.25) is 4.79 Å². The number of fused-ring (bicyclic) bond motifs is 3. The summed E-state index contributed by atoms with van der Waals surface area (Å²) in [7, 11) is 0. The normalized spacial score (nSPS) is 22.2. The average Bonchev–Trinajstić information content (AvgIpc) is 3.52. The maximum Gasteiger partial charge on any atom is 0.254 e. The van der Waals surface area contributed by atoms with E-state index in [1.54, 1.807) is 0 Å². The molecule has 5 heterocycles. The van der Waals surface area contributed by atoms with Crippen LogP contribution >= 0.6 is 0 Å². The number of rotatable bonds is 5. The van der Waals surface area contributed by atoms with Crippen molar-refractivity contribution in [2.45, 2.75) is 57.7 Å². The van der Waals surface area contributed by atoms with Gasteiger partial charge in [0.25, 0.3) is 5.91 Å². The van der Waals surface area contributed by atoms with Crippen molar-refractivity contribution in [1.29, 1.82) is 0 Å². The first-order valence-corrected chi connectivity index (χ1v) is 12.0. The molecule has 2 bridgehead atoms. The highest BCUT2D eigenvalue weighted by Crippen LogP contribution is 2.41. The second-order valence-electron chi connectivity index (χ2n) is 9.64. The first-order chi connectivity index (χ1) is 16.2. The first-order valence-electron chi connectivity index (χ1n) is 12.0. The molecule has 2 aliphatic rings. The Bertz CT molecular complexity index is 1290. The standard InChI is InChI=1S/C27H29N5O/c1-19-28-11-13-30(19)18-20-4-2-5-23(14-20)27(33)32-24-7-8-25(32)17-21(16-24)15-22-6-3-12-31-26(22)9-10-29-31/h2-6,9-14,21,24-25H,7-8,15-18H2,1H3/t24-,25-/m0/s1. The lowest BCUT2D eigenvalue weighted by atomic mass is 9.85. The van der Waals surface area contributed by atoms with Crippen molar-refractivity contribution < 1.29 is 4.79 Å². The molecule has 1 amide bonds. The molecule has 0 saturated carbocycles. The van der Waals surface area contributed by atoms with Gasteiger partial charge in [-0.25, -0.2) is 9.50 Å². The summed E-state index contributed by atoms with van der Waals surface area (Å²) in [4.78, 5) is 20.1. The van der Waals surface area contributed by atoms with Gasteiger partial charge in [-0.05, 0) is 80.3 Å². The van der Waals surface area contributed by atoms with E-state index in [4.69, 9.17) is 0 Å². The van der Waals surface area contributed by atoms with E-state index < -0.39 is 0 Å². The molecule has 0 N–H and O–H groups in total. The Kier molecular flexibility index (Phi) is 5.01. The van der Waals surface area contributed by atoms with E-state index >= 15 is 0 Å². The van der Waals surface area contributed by atoms with E-state index in [-0.39, 0.29) is 5.91 Å². The second-order valence-corrected chi connectivity index (χ2v) is 9.64. The van der Waals surface area contributed by atoms with Crippen molar-refractivity contribution >= 4 is 11.4 Å². The van der Waals surface area contributed by atoms with E-state index in [9.17, 15) is 4.79 Å². The summed E-state index contributed by atoms with van der Waals surface area (Å²) in [6.07, 6.45) is 13.2. The largest absolute Gasteiger partial charge is 0.333 e. The van der Waals surface area contributed by atoms with E-state index in [2.05, 4.69) is 49.9 Å². The number of hydrogen-bond donors (Lipinski definition) is 0. The van der Waals surface area contributed by atoms with Gasteiger partial charge in [0, 0.05) is 49.0 Å². The number of hydrogen-bond acceptors (Lipinski definition) is 3. The van der Waals surface area contributed by atoms with Gasteiger partial charge in [-0.15, -0.1) is 0 Å². The highest BCUT2D eigenvalue weighted by molar-refractivity contribution is 5.95. The molecular formula is C27H29N5O. The van der Waals surface area contributed by atoms with Crippen molar-refractivity contribution in [3.8, 4) is 0 Å². The summed E-state index contributed by atoms with van der Waals surface area (Å²) in [5.74, 6) is 1.80. The van der Waals surface area contributed by atoms with Crippen LogP contribution in [0.2, 0.25) is 0 Å². The molecule has 0 unspecified atom stereocenters. The number of imidazole rings is 1. The Morgan fingerprint density at radius 2 is 1.88 bits per heavy atom. The molecule has 2 atom stereocenters. The topological polar surface area (TPSA) is 55.4 Å². The number of pyridine rings is 1. The number of aryl methyl sites for hydroxylation is 1. The molecule has 168 valence electrons. The monoisotopic (exact) mass is 439 g/mol. The lowest BCUT2D eigenvalue weighted by Crippen LogP contribution is -2.47. The molecule has 4 aromatic rings. The minimum atomic E-state index is 0.197. The molecule has 0 radical (unpaired) electrons. The van der Waals surface area contributed by atoms with Crippen LogP contribution in [0.25, 0.3) is 5.52 Å². The Balaban J connectivity index is 1.17. The lowest BCUT2D eigenvalue weighted by molar-refractivity contribution is 0.0524. The van der Waals surface area contributed by atoms with E-state index in [0.29, 0.717) is 18.0 Å². The van der Waals surface area contributed by atoms with Crippen LogP contribution in [0.3, 0.4) is 0 Å². The molecule has 2 saturated heterocycles. The Hall–Kier alpha value is -3.41. The van der Waals surface area contributed by atoms with Crippen LogP contribution in [0.4, 0.5) is 0 Å². The molecule has 2 aliphatic heterocycles. The number of carbonyl (C=O) groups excluding carboxylic acids is 1. The molecule has 33 heavy (non-hydrogen) atoms. The number of carbonyl (C=O) groups is 1. The quantitative estimate of drug-likeness (QED) is 0.460. The Labute approximate surface area is 193 Å². The van der Waals surface area contributed by atoms with Gasteiger partial charge in [0.15, 0.2) is 0 Å². The van der Waals surface area contributed by atoms with E-state index in [1.807, 2.05) is 48.4 Å². The smallest absolute Gasteiger partial charge is 0.254 e. The van der Waals surface area contributed by atoms with Crippen molar-refractivity contribution in [1.82, 2.24) is 24.1 Å². The fraction of sp³-hybridized carbons (Fsp3) is 0.370. The summed E-state index contributed by atoms with van der Waals surface area (Å²) < 4.78 is 4.07. The highest BCUT2D eigenvalue weighted by atomic mass is 16.2. The predicted molar refractivity (Wildman–Crippen MR) is 127 cm³/mol. The summed E-state index contributed by atoms with van der Waals surface area (Å²) in [6.45, 7) is 2.74. The van der Waals surface area contributed by atoms with Gasteiger partial charge < -0.3 is 9.47 Å². The van der Waals surface area contributed by atoms with Gasteiger partial charge in [0.2, 0.25) is 0 Å². The highest BCUT2D eigenvalue weighted by Gasteiger charge is 2.43. The summed E-state index contributed by atoms with van der Waals surface area (Å²) in [6, 6.07) is 15.2. The summed E-state index contributed by atoms with van der Waals surface area (Å²) in [5, 5.41) is 4.38. The van der Waals surface area contributed by atoms with Crippen molar-refractivity contribution in [2.24, 2.45) is 5.92 Å². The number of amides is 1. The fourth-order valence-electron chi connectivity index (χ4n) is 6.00. The lowest BCUT2D eigenvalue weighted by Gasteiger charge is -2.39. The summed E-state index contributed by atoms with van der Waals surface area (Å²) >= 11 is 0. The van der Waals surface area contributed by atoms with Gasteiger partial charge in [0.05, 0.1) is 5.52 Å². The van der Waals surface area contributed by atoms with Gasteiger partial charge >= 0.3 is 0 Å². The van der Waals surface area contributed by atoms with Crippen LogP contribution < -0.4 is 0 Å². The average molecular weight is 440 g/mol. The SMILES string of the molecule is Cc1nccn1Cc1cccc(C(=O)N2[C@H]3CC[C@H]2CC(Cc2cccn4nccc24)C3)c1. The number of piperidine rings is 1. The van der Waals surface area contributed by atoms with Crippen LogP contribution in [0.5, 0.6) is 0 Å². The molecule has 6 nitrogen and oxygen atoms in total. The Morgan fingerprint density at radius 1 is 1.03 bits per heavy atom. The number of benzene rings is 1. The maximum absolute atomic E-state index is 13.6. The number of aromatic nitrogens is 4.